The number of hydrogen-bond acceptors (Lipinski definition) is 4. The van der Waals surface area contributed by atoms with Crippen molar-refractivity contribution in [3.63, 3.8) is 0 Å². The van der Waals surface area contributed by atoms with Crippen LogP contribution in [0.2, 0.25) is 0 Å². The van der Waals surface area contributed by atoms with E-state index in [1.54, 1.807) is 4.68 Å². The number of H-pyrrole nitrogens is 1. The van der Waals surface area contributed by atoms with Crippen molar-refractivity contribution in [1.29, 1.82) is 0 Å². The fourth-order valence-corrected chi connectivity index (χ4v) is 2.33. The molecule has 3 rings (SSSR count). The zero-order valence-corrected chi connectivity index (χ0v) is 12.6. The SMILES string of the molecule is CC(C)n1ncnc1Cn1nc(Cc2ccccc2)[nH]c1=O. The minimum atomic E-state index is -0.232. The molecule has 0 radical (unpaired) electrons. The van der Waals surface area contributed by atoms with Crippen LogP contribution in [-0.2, 0) is 13.0 Å². The average molecular weight is 298 g/mol. The van der Waals surface area contributed by atoms with Crippen LogP contribution in [0, 0.1) is 0 Å². The molecular weight excluding hydrogens is 280 g/mol. The lowest BCUT2D eigenvalue weighted by atomic mass is 10.1. The van der Waals surface area contributed by atoms with E-state index < -0.39 is 0 Å². The lowest BCUT2D eigenvalue weighted by Crippen LogP contribution is -2.21. The summed E-state index contributed by atoms with van der Waals surface area (Å²) in [6, 6.07) is 10.1. The summed E-state index contributed by atoms with van der Waals surface area (Å²) in [6.07, 6.45) is 2.10. The minimum absolute atomic E-state index is 0.191. The second-order valence-electron chi connectivity index (χ2n) is 5.41. The molecule has 22 heavy (non-hydrogen) atoms. The Hall–Kier alpha value is -2.70. The maximum Gasteiger partial charge on any atom is 0.343 e. The van der Waals surface area contributed by atoms with Crippen LogP contribution in [0.4, 0.5) is 0 Å². The first kappa shape index (κ1) is 14.2. The van der Waals surface area contributed by atoms with Gasteiger partial charge in [0.05, 0.1) is 0 Å². The van der Waals surface area contributed by atoms with Gasteiger partial charge in [0.25, 0.3) is 0 Å². The minimum Gasteiger partial charge on any atom is -0.292 e. The fourth-order valence-electron chi connectivity index (χ4n) is 2.33. The van der Waals surface area contributed by atoms with Gasteiger partial charge in [-0.05, 0) is 19.4 Å². The van der Waals surface area contributed by atoms with Gasteiger partial charge in [-0.25, -0.2) is 19.1 Å². The van der Waals surface area contributed by atoms with Gasteiger partial charge in [-0.15, -0.1) is 0 Å². The molecule has 7 nitrogen and oxygen atoms in total. The van der Waals surface area contributed by atoms with Crippen LogP contribution < -0.4 is 5.69 Å². The Balaban J connectivity index is 1.81. The highest BCUT2D eigenvalue weighted by Gasteiger charge is 2.12. The topological polar surface area (TPSA) is 81.4 Å². The van der Waals surface area contributed by atoms with E-state index in [-0.39, 0.29) is 11.7 Å². The highest BCUT2D eigenvalue weighted by Crippen LogP contribution is 2.07. The van der Waals surface area contributed by atoms with Crippen molar-refractivity contribution in [2.45, 2.75) is 32.9 Å². The van der Waals surface area contributed by atoms with E-state index >= 15 is 0 Å². The summed E-state index contributed by atoms with van der Waals surface area (Å²) in [5.41, 5.74) is 0.873. The largest absolute Gasteiger partial charge is 0.343 e. The highest BCUT2D eigenvalue weighted by molar-refractivity contribution is 5.18. The van der Waals surface area contributed by atoms with Crippen LogP contribution in [0.15, 0.2) is 41.5 Å². The van der Waals surface area contributed by atoms with E-state index in [0.29, 0.717) is 18.8 Å². The van der Waals surface area contributed by atoms with Crippen molar-refractivity contribution in [3.05, 3.63) is 64.4 Å². The zero-order chi connectivity index (χ0) is 15.5. The molecule has 0 aliphatic carbocycles. The third-order valence-electron chi connectivity index (χ3n) is 3.37. The maximum atomic E-state index is 12.0. The predicted octanol–water partition coefficient (Wildman–Crippen LogP) is 1.38. The second-order valence-corrected chi connectivity index (χ2v) is 5.41. The molecule has 0 saturated heterocycles. The number of nitrogens with one attached hydrogen (secondary N) is 1. The van der Waals surface area contributed by atoms with Gasteiger partial charge in [-0.3, -0.25) is 4.98 Å². The first-order valence-electron chi connectivity index (χ1n) is 7.22. The molecule has 0 bridgehead atoms. The van der Waals surface area contributed by atoms with Gasteiger partial charge in [0, 0.05) is 12.5 Å². The molecule has 2 aromatic heterocycles. The first-order valence-corrected chi connectivity index (χ1v) is 7.22. The molecule has 1 N–H and O–H groups in total. The van der Waals surface area contributed by atoms with Gasteiger partial charge in [0.2, 0.25) is 0 Å². The van der Waals surface area contributed by atoms with E-state index in [4.69, 9.17) is 0 Å². The molecule has 7 heteroatoms. The molecule has 0 aliphatic rings. The Labute approximate surface area is 127 Å². The van der Waals surface area contributed by atoms with Crippen LogP contribution in [0.1, 0.15) is 37.1 Å². The summed E-state index contributed by atoms with van der Waals surface area (Å²) in [6.45, 7) is 4.35. The van der Waals surface area contributed by atoms with E-state index in [9.17, 15) is 4.79 Å². The number of nitrogens with zero attached hydrogens (tertiary/aromatic N) is 5. The van der Waals surface area contributed by atoms with Crippen LogP contribution in [0.3, 0.4) is 0 Å². The summed E-state index contributed by atoms with van der Waals surface area (Å²) >= 11 is 0. The standard InChI is InChI=1S/C15H18N6O/c1-11(2)21-14(16-10-17-21)9-20-15(22)18-13(19-20)8-12-6-4-3-5-7-12/h3-7,10-11H,8-9H2,1-2H3,(H,18,19,22). The van der Waals surface area contributed by atoms with Crippen molar-refractivity contribution < 1.29 is 0 Å². The van der Waals surface area contributed by atoms with Crippen molar-refractivity contribution in [1.82, 2.24) is 29.5 Å². The molecular formula is C15H18N6O. The van der Waals surface area contributed by atoms with Crippen molar-refractivity contribution in [2.24, 2.45) is 0 Å². The summed E-state index contributed by atoms with van der Waals surface area (Å²) in [5, 5.41) is 8.52. The number of rotatable bonds is 5. The maximum absolute atomic E-state index is 12.0. The van der Waals surface area contributed by atoms with Gasteiger partial charge in [0.1, 0.15) is 24.5 Å². The molecule has 0 aliphatic heterocycles. The fraction of sp³-hybridized carbons (Fsp3) is 0.333. The molecule has 2 heterocycles. The van der Waals surface area contributed by atoms with E-state index in [2.05, 4.69) is 20.2 Å². The Morgan fingerprint density at radius 1 is 1.23 bits per heavy atom. The van der Waals surface area contributed by atoms with Crippen molar-refractivity contribution >= 4 is 0 Å². The van der Waals surface area contributed by atoms with E-state index in [1.165, 1.54) is 11.0 Å². The van der Waals surface area contributed by atoms with Crippen LogP contribution in [-0.4, -0.2) is 29.5 Å². The van der Waals surface area contributed by atoms with Gasteiger partial charge in [-0.2, -0.15) is 10.2 Å². The molecule has 0 saturated carbocycles. The lowest BCUT2D eigenvalue weighted by Gasteiger charge is -2.08. The van der Waals surface area contributed by atoms with Crippen LogP contribution >= 0.6 is 0 Å². The Morgan fingerprint density at radius 3 is 2.73 bits per heavy atom. The molecule has 1 aromatic carbocycles. The molecule has 114 valence electrons. The Bertz CT molecular complexity index is 799. The number of benzene rings is 1. The Morgan fingerprint density at radius 2 is 2.00 bits per heavy atom. The molecule has 0 spiro atoms. The van der Waals surface area contributed by atoms with Gasteiger partial charge >= 0.3 is 5.69 Å². The third kappa shape index (κ3) is 2.98. The first-order chi connectivity index (χ1) is 10.6. The second kappa shape index (κ2) is 5.97. The van der Waals surface area contributed by atoms with E-state index in [0.717, 1.165) is 11.4 Å². The van der Waals surface area contributed by atoms with Crippen LogP contribution in [0.25, 0.3) is 0 Å². The molecule has 0 fully saturated rings. The third-order valence-corrected chi connectivity index (χ3v) is 3.37. The van der Waals surface area contributed by atoms with Gasteiger partial charge in [-0.1, -0.05) is 30.3 Å². The Kier molecular flexibility index (Phi) is 3.86. The monoisotopic (exact) mass is 298 g/mol. The molecule has 0 unspecified atom stereocenters. The highest BCUT2D eigenvalue weighted by atomic mass is 16.1. The molecule has 0 atom stereocenters. The summed E-state index contributed by atoms with van der Waals surface area (Å²) in [5.74, 6) is 1.36. The number of aromatic nitrogens is 6. The molecule has 3 aromatic rings. The zero-order valence-electron chi connectivity index (χ0n) is 12.6. The van der Waals surface area contributed by atoms with E-state index in [1.807, 2.05) is 44.2 Å². The quantitative estimate of drug-likeness (QED) is 0.771. The van der Waals surface area contributed by atoms with Crippen molar-refractivity contribution in [3.8, 4) is 0 Å². The van der Waals surface area contributed by atoms with Gasteiger partial charge < -0.3 is 0 Å². The van der Waals surface area contributed by atoms with Gasteiger partial charge in [0.15, 0.2) is 0 Å². The number of hydrogen-bond donors (Lipinski definition) is 1. The normalized spacial score (nSPS) is 11.2. The van der Waals surface area contributed by atoms with Crippen LogP contribution in [0.5, 0.6) is 0 Å². The summed E-state index contributed by atoms with van der Waals surface area (Å²) in [7, 11) is 0. The predicted molar refractivity (Wildman–Crippen MR) is 81.6 cm³/mol. The summed E-state index contributed by atoms with van der Waals surface area (Å²) < 4.78 is 3.18. The number of aromatic amines is 1. The van der Waals surface area contributed by atoms with Crippen molar-refractivity contribution in [2.75, 3.05) is 0 Å². The lowest BCUT2D eigenvalue weighted by molar-refractivity contribution is 0.484. The summed E-state index contributed by atoms with van der Waals surface area (Å²) in [4.78, 5) is 19.0. The average Bonchev–Trinajstić information content (AvgIpc) is 3.08. The smallest absolute Gasteiger partial charge is 0.292 e. The molecule has 0 amide bonds.